The number of nitrogens with zero attached hydrogens (tertiary/aromatic N) is 1. The highest BCUT2D eigenvalue weighted by Crippen LogP contribution is 2.28. The van der Waals surface area contributed by atoms with E-state index in [-0.39, 0.29) is 12.0 Å². The predicted molar refractivity (Wildman–Crippen MR) is 62.1 cm³/mol. The van der Waals surface area contributed by atoms with Crippen LogP contribution < -0.4 is 0 Å². The number of aliphatic hydroxyl groups excluding tert-OH is 1. The second-order valence-electron chi connectivity index (χ2n) is 4.28. The second-order valence-corrected chi connectivity index (χ2v) is 5.06. The van der Waals surface area contributed by atoms with Gasteiger partial charge in [-0.1, -0.05) is 0 Å². The number of hydrogen-bond donors (Lipinski definition) is 1. The molecule has 88 valence electrons. The van der Waals surface area contributed by atoms with Crippen LogP contribution in [0.15, 0.2) is 21.2 Å². The Morgan fingerprint density at radius 2 is 2.31 bits per heavy atom. The summed E-state index contributed by atoms with van der Waals surface area (Å²) in [6.07, 6.45) is 1.41. The third kappa shape index (κ3) is 2.47. The van der Waals surface area contributed by atoms with E-state index >= 15 is 0 Å². The molecule has 1 aromatic rings. The molecule has 0 bridgehead atoms. The van der Waals surface area contributed by atoms with E-state index in [1.807, 2.05) is 0 Å². The van der Waals surface area contributed by atoms with Crippen LogP contribution in [0.1, 0.15) is 23.4 Å². The van der Waals surface area contributed by atoms with Crippen molar-refractivity contribution in [2.75, 3.05) is 13.6 Å². The fourth-order valence-corrected chi connectivity index (χ4v) is 2.24. The molecular formula is C11H14BrNO3. The molecule has 1 aliphatic carbocycles. The molecule has 1 aliphatic rings. The number of aliphatic hydroxyl groups is 1. The molecule has 5 heteroatoms. The monoisotopic (exact) mass is 287 g/mol. The maximum Gasteiger partial charge on any atom is 0.289 e. The third-order valence-electron chi connectivity index (χ3n) is 2.87. The fourth-order valence-electron chi connectivity index (χ4n) is 1.94. The maximum atomic E-state index is 11.9. The van der Waals surface area contributed by atoms with Crippen LogP contribution in [0.5, 0.6) is 0 Å². The van der Waals surface area contributed by atoms with Crippen LogP contribution in [0.3, 0.4) is 0 Å². The van der Waals surface area contributed by atoms with E-state index in [1.54, 1.807) is 24.1 Å². The van der Waals surface area contributed by atoms with Gasteiger partial charge in [0.15, 0.2) is 10.4 Å². The van der Waals surface area contributed by atoms with Gasteiger partial charge < -0.3 is 14.4 Å². The van der Waals surface area contributed by atoms with Gasteiger partial charge in [0.25, 0.3) is 5.91 Å². The van der Waals surface area contributed by atoms with Crippen molar-refractivity contribution in [2.45, 2.75) is 18.9 Å². The summed E-state index contributed by atoms with van der Waals surface area (Å²) >= 11 is 3.16. The average molecular weight is 288 g/mol. The number of carbonyl (C=O) groups excluding carboxylic acids is 1. The minimum atomic E-state index is -0.175. The predicted octanol–water partition coefficient (Wildman–Crippen LogP) is 1.89. The van der Waals surface area contributed by atoms with Crippen LogP contribution in [0.25, 0.3) is 0 Å². The fraction of sp³-hybridized carbons (Fsp3) is 0.545. The molecule has 0 atom stereocenters. The van der Waals surface area contributed by atoms with E-state index < -0.39 is 0 Å². The topological polar surface area (TPSA) is 53.7 Å². The van der Waals surface area contributed by atoms with Gasteiger partial charge in [-0.3, -0.25) is 4.79 Å². The molecule has 0 unspecified atom stereocenters. The first-order chi connectivity index (χ1) is 7.56. The van der Waals surface area contributed by atoms with Gasteiger partial charge in [-0.15, -0.1) is 0 Å². The Bertz CT molecular complexity index is 384. The molecule has 1 N–H and O–H groups in total. The number of rotatable bonds is 3. The number of carbonyl (C=O) groups is 1. The summed E-state index contributed by atoms with van der Waals surface area (Å²) in [6.45, 7) is 0.675. The van der Waals surface area contributed by atoms with Crippen LogP contribution >= 0.6 is 15.9 Å². The largest absolute Gasteiger partial charge is 0.444 e. The van der Waals surface area contributed by atoms with Gasteiger partial charge in [-0.25, -0.2) is 0 Å². The lowest BCUT2D eigenvalue weighted by molar-refractivity contribution is 0.0257. The Hall–Kier alpha value is -0.810. The smallest absolute Gasteiger partial charge is 0.289 e. The lowest BCUT2D eigenvalue weighted by Crippen LogP contribution is -2.39. The Morgan fingerprint density at radius 3 is 2.81 bits per heavy atom. The van der Waals surface area contributed by atoms with E-state index in [9.17, 15) is 4.79 Å². The highest BCUT2D eigenvalue weighted by atomic mass is 79.9. The molecule has 4 nitrogen and oxygen atoms in total. The lowest BCUT2D eigenvalue weighted by atomic mass is 9.82. The second kappa shape index (κ2) is 4.59. The lowest BCUT2D eigenvalue weighted by Gasteiger charge is -2.34. The normalized spacial score (nSPS) is 23.9. The zero-order valence-corrected chi connectivity index (χ0v) is 10.6. The molecule has 1 aromatic heterocycles. The van der Waals surface area contributed by atoms with E-state index in [4.69, 9.17) is 9.52 Å². The van der Waals surface area contributed by atoms with Crippen molar-refractivity contribution in [1.82, 2.24) is 4.90 Å². The highest BCUT2D eigenvalue weighted by molar-refractivity contribution is 9.10. The molecule has 2 rings (SSSR count). The van der Waals surface area contributed by atoms with Crippen LogP contribution in [0.2, 0.25) is 0 Å². The van der Waals surface area contributed by atoms with Gasteiger partial charge in [-0.2, -0.15) is 0 Å². The van der Waals surface area contributed by atoms with Crippen LogP contribution in [-0.4, -0.2) is 35.6 Å². The van der Waals surface area contributed by atoms with Gasteiger partial charge in [0.2, 0.25) is 0 Å². The zero-order chi connectivity index (χ0) is 11.7. The summed E-state index contributed by atoms with van der Waals surface area (Å²) < 4.78 is 5.76. The highest BCUT2D eigenvalue weighted by Gasteiger charge is 2.29. The molecule has 1 heterocycles. The molecule has 1 fully saturated rings. The van der Waals surface area contributed by atoms with E-state index in [2.05, 4.69) is 15.9 Å². The average Bonchev–Trinajstić information content (AvgIpc) is 2.61. The molecule has 0 radical (unpaired) electrons. The van der Waals surface area contributed by atoms with Crippen molar-refractivity contribution in [2.24, 2.45) is 5.92 Å². The van der Waals surface area contributed by atoms with Crippen molar-refractivity contribution in [3.8, 4) is 0 Å². The standard InChI is InChI=1S/C11H14BrNO3/c1-13(6-7-4-8(14)5-7)11(15)9-2-3-10(12)16-9/h2-3,7-8,14H,4-6H2,1H3. The minimum absolute atomic E-state index is 0.118. The van der Waals surface area contributed by atoms with Gasteiger partial charge >= 0.3 is 0 Å². The van der Waals surface area contributed by atoms with Gasteiger partial charge in [0, 0.05) is 13.6 Å². The van der Waals surface area contributed by atoms with Gasteiger partial charge in [0.1, 0.15) is 0 Å². The summed E-state index contributed by atoms with van der Waals surface area (Å²) in [5, 5.41) is 9.16. The SMILES string of the molecule is CN(CC1CC(O)C1)C(=O)c1ccc(Br)o1. The summed E-state index contributed by atoms with van der Waals surface area (Å²) in [6, 6.07) is 3.35. The number of hydrogen-bond acceptors (Lipinski definition) is 3. The van der Waals surface area contributed by atoms with Crippen molar-refractivity contribution in [1.29, 1.82) is 0 Å². The van der Waals surface area contributed by atoms with Crippen LogP contribution in [0.4, 0.5) is 0 Å². The maximum absolute atomic E-state index is 11.9. The molecule has 1 amide bonds. The molecule has 0 saturated heterocycles. The quantitative estimate of drug-likeness (QED) is 0.924. The Morgan fingerprint density at radius 1 is 1.62 bits per heavy atom. The Kier molecular flexibility index (Phi) is 3.35. The summed E-state index contributed by atoms with van der Waals surface area (Å²) in [5.74, 6) is 0.642. The molecular weight excluding hydrogens is 274 g/mol. The van der Waals surface area contributed by atoms with Crippen molar-refractivity contribution >= 4 is 21.8 Å². The van der Waals surface area contributed by atoms with Crippen molar-refractivity contribution < 1.29 is 14.3 Å². The first-order valence-electron chi connectivity index (χ1n) is 5.25. The molecule has 16 heavy (non-hydrogen) atoms. The van der Waals surface area contributed by atoms with Crippen LogP contribution in [0, 0.1) is 5.92 Å². The van der Waals surface area contributed by atoms with Gasteiger partial charge in [0.05, 0.1) is 6.10 Å². The number of halogens is 1. The molecule has 0 spiro atoms. The van der Waals surface area contributed by atoms with Crippen molar-refractivity contribution in [3.63, 3.8) is 0 Å². The van der Waals surface area contributed by atoms with Crippen LogP contribution in [-0.2, 0) is 0 Å². The first-order valence-corrected chi connectivity index (χ1v) is 6.04. The van der Waals surface area contributed by atoms with Gasteiger partial charge in [-0.05, 0) is 46.8 Å². The minimum Gasteiger partial charge on any atom is -0.444 e. The zero-order valence-electron chi connectivity index (χ0n) is 9.02. The Labute approximate surface area is 102 Å². The van der Waals surface area contributed by atoms with Crippen molar-refractivity contribution in [3.05, 3.63) is 22.6 Å². The number of furan rings is 1. The molecule has 0 aliphatic heterocycles. The Balaban J connectivity index is 1.89. The summed E-state index contributed by atoms with van der Waals surface area (Å²) in [5.41, 5.74) is 0. The van der Waals surface area contributed by atoms with E-state index in [0.29, 0.717) is 22.9 Å². The third-order valence-corrected chi connectivity index (χ3v) is 3.30. The number of amides is 1. The summed E-state index contributed by atoms with van der Waals surface area (Å²) in [7, 11) is 1.75. The molecule has 0 aromatic carbocycles. The van der Waals surface area contributed by atoms with E-state index in [1.165, 1.54) is 0 Å². The molecule has 1 saturated carbocycles. The van der Waals surface area contributed by atoms with E-state index in [0.717, 1.165) is 12.8 Å². The first kappa shape index (κ1) is 11.7. The summed E-state index contributed by atoms with van der Waals surface area (Å²) in [4.78, 5) is 13.5.